The van der Waals surface area contributed by atoms with Crippen LogP contribution in [0.5, 0.6) is 5.75 Å². The predicted octanol–water partition coefficient (Wildman–Crippen LogP) is 3.32. The van der Waals surface area contributed by atoms with Crippen LogP contribution in [0, 0.1) is 0 Å². The van der Waals surface area contributed by atoms with Crippen LogP contribution in [0.1, 0.15) is 26.3 Å². The van der Waals surface area contributed by atoms with Gasteiger partial charge in [0.2, 0.25) is 0 Å². The average molecular weight is 526 g/mol. The molecule has 1 aliphatic heterocycles. The first-order chi connectivity index (χ1) is 13.2. The Labute approximate surface area is 187 Å². The van der Waals surface area contributed by atoms with Crippen molar-refractivity contribution in [3.05, 3.63) is 29.8 Å². The third-order valence-corrected chi connectivity index (χ3v) is 4.10. The van der Waals surface area contributed by atoms with E-state index in [1.807, 2.05) is 25.7 Å². The lowest BCUT2D eigenvalue weighted by Gasteiger charge is -2.36. The molecule has 10 heteroatoms. The Bertz CT molecular complexity index is 690. The fourth-order valence-electron chi connectivity index (χ4n) is 2.76. The lowest BCUT2D eigenvalue weighted by atomic mass is 10.1. The van der Waals surface area contributed by atoms with E-state index in [9.17, 15) is 13.6 Å². The maximum Gasteiger partial charge on any atom is 0.410 e. The van der Waals surface area contributed by atoms with Crippen LogP contribution >= 0.6 is 24.0 Å². The third-order valence-electron chi connectivity index (χ3n) is 4.10. The molecule has 0 unspecified atom stereocenters. The summed E-state index contributed by atoms with van der Waals surface area (Å²) >= 11 is 0. The molecular formula is C19H29F2IN4O3. The number of carbonyl (C=O) groups excluding carboxylic acids is 1. The number of rotatable bonds is 5. The van der Waals surface area contributed by atoms with Crippen molar-refractivity contribution in [2.75, 3.05) is 32.7 Å². The highest BCUT2D eigenvalue weighted by Gasteiger charge is 2.26. The van der Waals surface area contributed by atoms with Crippen molar-refractivity contribution in [3.63, 3.8) is 0 Å². The number of carbonyl (C=O) groups is 1. The minimum atomic E-state index is -2.86. The molecule has 1 saturated heterocycles. The van der Waals surface area contributed by atoms with E-state index in [-0.39, 0.29) is 35.8 Å². The molecule has 7 nitrogen and oxygen atoms in total. The zero-order valence-electron chi connectivity index (χ0n) is 16.9. The van der Waals surface area contributed by atoms with Gasteiger partial charge in [0.25, 0.3) is 0 Å². The predicted molar refractivity (Wildman–Crippen MR) is 118 cm³/mol. The van der Waals surface area contributed by atoms with Crippen molar-refractivity contribution in [1.29, 1.82) is 0 Å². The molecule has 2 N–H and O–H groups in total. The minimum Gasteiger partial charge on any atom is -0.444 e. The van der Waals surface area contributed by atoms with Gasteiger partial charge >= 0.3 is 12.7 Å². The number of halogens is 3. The van der Waals surface area contributed by atoms with Gasteiger partial charge in [-0.05, 0) is 38.8 Å². The fraction of sp³-hybridized carbons (Fsp3) is 0.579. The van der Waals surface area contributed by atoms with Crippen LogP contribution in [0.4, 0.5) is 13.6 Å². The molecule has 1 aromatic carbocycles. The summed E-state index contributed by atoms with van der Waals surface area (Å²) in [6.07, 6.45) is 0.0971. The smallest absolute Gasteiger partial charge is 0.410 e. The molecule has 0 bridgehead atoms. The SMILES string of the molecule is CC(C)(C)OC(=O)N1CCN(C(N)=NCCc2ccccc2OC(F)F)CC1.I. The van der Waals surface area contributed by atoms with Crippen molar-refractivity contribution in [3.8, 4) is 5.75 Å². The molecule has 164 valence electrons. The van der Waals surface area contributed by atoms with Crippen LogP contribution in [0.15, 0.2) is 29.3 Å². The van der Waals surface area contributed by atoms with Crippen molar-refractivity contribution >= 4 is 36.0 Å². The Hall–Kier alpha value is -1.85. The highest BCUT2D eigenvalue weighted by molar-refractivity contribution is 14.0. The number of nitrogens with two attached hydrogens (primary N) is 1. The van der Waals surface area contributed by atoms with Gasteiger partial charge in [-0.25, -0.2) is 4.79 Å². The van der Waals surface area contributed by atoms with E-state index >= 15 is 0 Å². The Morgan fingerprint density at radius 1 is 1.17 bits per heavy atom. The normalized spacial score (nSPS) is 15.2. The number of benzene rings is 1. The van der Waals surface area contributed by atoms with E-state index < -0.39 is 12.2 Å². The first-order valence-electron chi connectivity index (χ1n) is 9.21. The number of aliphatic imine (C=N–C) groups is 1. The summed E-state index contributed by atoms with van der Waals surface area (Å²) in [4.78, 5) is 20.0. The number of amides is 1. The lowest BCUT2D eigenvalue weighted by Crippen LogP contribution is -2.53. The zero-order valence-corrected chi connectivity index (χ0v) is 19.3. The first-order valence-corrected chi connectivity index (χ1v) is 9.21. The number of ether oxygens (including phenoxy) is 2. The van der Waals surface area contributed by atoms with E-state index in [1.165, 1.54) is 6.07 Å². The first kappa shape index (κ1) is 25.2. The highest BCUT2D eigenvalue weighted by Crippen LogP contribution is 2.20. The number of hydrogen-bond acceptors (Lipinski definition) is 4. The molecule has 1 amide bonds. The largest absolute Gasteiger partial charge is 0.444 e. The van der Waals surface area contributed by atoms with Crippen molar-refractivity contribution in [2.24, 2.45) is 10.7 Å². The van der Waals surface area contributed by atoms with Crippen LogP contribution in [0.2, 0.25) is 0 Å². The molecule has 0 saturated carbocycles. The topological polar surface area (TPSA) is 80.4 Å². The quantitative estimate of drug-likeness (QED) is 0.362. The van der Waals surface area contributed by atoms with E-state index in [0.29, 0.717) is 50.7 Å². The van der Waals surface area contributed by atoms with Gasteiger partial charge in [0.05, 0.1) is 0 Å². The molecule has 1 fully saturated rings. The molecule has 0 radical (unpaired) electrons. The number of nitrogens with zero attached hydrogens (tertiary/aromatic N) is 3. The Balaban J connectivity index is 0.00000420. The zero-order chi connectivity index (χ0) is 20.7. The molecule has 2 rings (SSSR count). The Morgan fingerprint density at radius 2 is 1.76 bits per heavy atom. The maximum absolute atomic E-state index is 12.5. The van der Waals surface area contributed by atoms with Crippen molar-refractivity contribution in [2.45, 2.75) is 39.4 Å². The fourth-order valence-corrected chi connectivity index (χ4v) is 2.76. The summed E-state index contributed by atoms with van der Waals surface area (Å²) in [5, 5.41) is 0. The minimum absolute atomic E-state index is 0. The van der Waals surface area contributed by atoms with Gasteiger partial charge in [-0.2, -0.15) is 8.78 Å². The van der Waals surface area contributed by atoms with Crippen LogP contribution in [0.25, 0.3) is 0 Å². The summed E-state index contributed by atoms with van der Waals surface area (Å²) < 4.78 is 34.8. The number of guanidine groups is 1. The molecule has 1 heterocycles. The van der Waals surface area contributed by atoms with E-state index in [4.69, 9.17) is 10.5 Å². The van der Waals surface area contributed by atoms with Crippen molar-refractivity contribution < 1.29 is 23.0 Å². The molecule has 0 spiro atoms. The van der Waals surface area contributed by atoms with Gasteiger partial charge in [-0.15, -0.1) is 24.0 Å². The van der Waals surface area contributed by atoms with Gasteiger partial charge in [0.15, 0.2) is 5.96 Å². The van der Waals surface area contributed by atoms with Crippen LogP contribution in [-0.4, -0.2) is 66.8 Å². The van der Waals surface area contributed by atoms with Gasteiger partial charge in [0, 0.05) is 32.7 Å². The van der Waals surface area contributed by atoms with Gasteiger partial charge in [-0.1, -0.05) is 18.2 Å². The standard InChI is InChI=1S/C19H28F2N4O3.HI/c1-19(2,3)28-18(26)25-12-10-24(11-13-25)17(22)23-9-8-14-6-4-5-7-15(14)27-16(20)21;/h4-7,16H,8-13H2,1-3H3,(H2,22,23);1H. The molecule has 1 aliphatic rings. The summed E-state index contributed by atoms with van der Waals surface area (Å²) in [7, 11) is 0. The second-order valence-electron chi connectivity index (χ2n) is 7.43. The Morgan fingerprint density at radius 3 is 2.34 bits per heavy atom. The molecular weight excluding hydrogens is 497 g/mol. The maximum atomic E-state index is 12.5. The number of para-hydroxylation sites is 1. The highest BCUT2D eigenvalue weighted by atomic mass is 127. The molecule has 0 aromatic heterocycles. The average Bonchev–Trinajstić information content (AvgIpc) is 2.61. The van der Waals surface area contributed by atoms with Gasteiger partial charge < -0.3 is 25.0 Å². The van der Waals surface area contributed by atoms with Gasteiger partial charge in [0.1, 0.15) is 11.4 Å². The van der Waals surface area contributed by atoms with E-state index in [0.717, 1.165) is 0 Å². The monoisotopic (exact) mass is 526 g/mol. The summed E-state index contributed by atoms with van der Waals surface area (Å²) in [5.74, 6) is 0.522. The van der Waals surface area contributed by atoms with E-state index in [1.54, 1.807) is 23.1 Å². The van der Waals surface area contributed by atoms with Crippen LogP contribution < -0.4 is 10.5 Å². The third kappa shape index (κ3) is 8.58. The second kappa shape index (κ2) is 11.4. The lowest BCUT2D eigenvalue weighted by molar-refractivity contribution is -0.0504. The number of piperazine rings is 1. The molecule has 0 atom stereocenters. The van der Waals surface area contributed by atoms with Crippen molar-refractivity contribution in [1.82, 2.24) is 9.80 Å². The van der Waals surface area contributed by atoms with E-state index in [2.05, 4.69) is 9.73 Å². The summed E-state index contributed by atoms with van der Waals surface area (Å²) in [5.41, 5.74) is 6.16. The number of hydrogen-bond donors (Lipinski definition) is 1. The molecule has 29 heavy (non-hydrogen) atoms. The second-order valence-corrected chi connectivity index (χ2v) is 7.43. The number of alkyl halides is 2. The summed E-state index contributed by atoms with van der Waals surface area (Å²) in [6, 6.07) is 6.63. The van der Waals surface area contributed by atoms with Crippen LogP contribution in [-0.2, 0) is 11.2 Å². The van der Waals surface area contributed by atoms with Crippen LogP contribution in [0.3, 0.4) is 0 Å². The Kier molecular flexibility index (Phi) is 9.87. The molecule has 0 aliphatic carbocycles. The van der Waals surface area contributed by atoms with Gasteiger partial charge in [-0.3, -0.25) is 4.99 Å². The molecule has 1 aromatic rings. The summed E-state index contributed by atoms with van der Waals surface area (Å²) in [6.45, 7) is 5.08.